The number of ether oxygens (including phenoxy) is 1. The van der Waals surface area contributed by atoms with Gasteiger partial charge in [0.05, 0.1) is 19.3 Å². The second kappa shape index (κ2) is 3.69. The maximum absolute atomic E-state index is 10.7. The molecule has 1 aliphatic heterocycles. The fourth-order valence-corrected chi connectivity index (χ4v) is 4.62. The lowest BCUT2D eigenvalue weighted by Crippen LogP contribution is -2.53. The average Bonchev–Trinajstić information content (AvgIpc) is 2.62. The third-order valence-electron chi connectivity index (χ3n) is 6.23. The van der Waals surface area contributed by atoms with Gasteiger partial charge in [-0.3, -0.25) is 4.90 Å². The van der Waals surface area contributed by atoms with E-state index < -0.39 is 0 Å². The molecule has 4 atom stereocenters. The third-order valence-corrected chi connectivity index (χ3v) is 6.23. The molecule has 1 saturated heterocycles. The Balaban J connectivity index is 1.88. The van der Waals surface area contributed by atoms with Crippen LogP contribution < -0.4 is 0 Å². The molecule has 3 rings (SSSR count). The zero-order valence-corrected chi connectivity index (χ0v) is 11.3. The van der Waals surface area contributed by atoms with Crippen molar-refractivity contribution in [2.75, 3.05) is 26.3 Å². The van der Waals surface area contributed by atoms with Gasteiger partial charge in [0, 0.05) is 24.5 Å². The highest BCUT2D eigenvalue weighted by molar-refractivity contribution is 5.17. The van der Waals surface area contributed by atoms with Gasteiger partial charge < -0.3 is 9.84 Å². The molecule has 3 nitrogen and oxygen atoms in total. The van der Waals surface area contributed by atoms with Crippen molar-refractivity contribution in [2.24, 2.45) is 16.7 Å². The first-order valence-electron chi connectivity index (χ1n) is 6.98. The summed E-state index contributed by atoms with van der Waals surface area (Å²) in [6.07, 6.45) is 2.31. The fraction of sp³-hybridized carbons (Fsp3) is 1.00. The highest BCUT2D eigenvalue weighted by Crippen LogP contribution is 2.66. The molecular weight excluding hydrogens is 214 g/mol. The van der Waals surface area contributed by atoms with Gasteiger partial charge in [0.25, 0.3) is 0 Å². The summed E-state index contributed by atoms with van der Waals surface area (Å²) in [4.78, 5) is 2.48. The second-order valence-electron chi connectivity index (χ2n) is 6.87. The van der Waals surface area contributed by atoms with E-state index in [-0.39, 0.29) is 16.9 Å². The van der Waals surface area contributed by atoms with E-state index >= 15 is 0 Å². The standard InChI is InChI=1S/C14H25NO2/c1-13(2)10-4-5-14(13,3)12(16)11(10)15-6-8-17-9-7-15/h10-12,16H,4-9H2,1-3H3/t10-,11-,12-,14?/m1/s1. The molecule has 98 valence electrons. The van der Waals surface area contributed by atoms with E-state index in [4.69, 9.17) is 4.74 Å². The molecule has 0 radical (unpaired) electrons. The Morgan fingerprint density at radius 2 is 1.82 bits per heavy atom. The van der Waals surface area contributed by atoms with Crippen LogP contribution in [0.15, 0.2) is 0 Å². The predicted molar refractivity (Wildman–Crippen MR) is 66.8 cm³/mol. The summed E-state index contributed by atoms with van der Waals surface area (Å²) in [6.45, 7) is 10.6. The van der Waals surface area contributed by atoms with E-state index in [1.54, 1.807) is 0 Å². The Kier molecular flexibility index (Phi) is 2.59. The van der Waals surface area contributed by atoms with Crippen LogP contribution in [0.3, 0.4) is 0 Å². The van der Waals surface area contributed by atoms with E-state index in [0.717, 1.165) is 26.3 Å². The number of morpholine rings is 1. The van der Waals surface area contributed by atoms with Crippen LogP contribution in [-0.2, 0) is 4.74 Å². The molecule has 0 spiro atoms. The quantitative estimate of drug-likeness (QED) is 0.753. The van der Waals surface area contributed by atoms with E-state index in [0.29, 0.717) is 12.0 Å². The zero-order valence-electron chi connectivity index (χ0n) is 11.3. The maximum Gasteiger partial charge on any atom is 0.0756 e. The molecule has 0 aromatic rings. The molecule has 1 unspecified atom stereocenters. The van der Waals surface area contributed by atoms with Crippen LogP contribution in [0.1, 0.15) is 33.6 Å². The van der Waals surface area contributed by atoms with Gasteiger partial charge in [-0.1, -0.05) is 20.8 Å². The zero-order chi connectivity index (χ0) is 12.3. The molecule has 3 heteroatoms. The lowest BCUT2D eigenvalue weighted by atomic mass is 9.70. The number of aliphatic hydroxyl groups is 1. The molecule has 3 aliphatic rings. The van der Waals surface area contributed by atoms with Crippen molar-refractivity contribution in [3.05, 3.63) is 0 Å². The van der Waals surface area contributed by atoms with Crippen molar-refractivity contribution in [3.8, 4) is 0 Å². The minimum absolute atomic E-state index is 0.112. The number of hydrogen-bond donors (Lipinski definition) is 1. The molecule has 1 N–H and O–H groups in total. The van der Waals surface area contributed by atoms with Crippen molar-refractivity contribution < 1.29 is 9.84 Å². The molecular formula is C14H25NO2. The highest BCUT2D eigenvalue weighted by atomic mass is 16.5. The van der Waals surface area contributed by atoms with Crippen molar-refractivity contribution in [1.82, 2.24) is 4.90 Å². The molecule has 0 amide bonds. The lowest BCUT2D eigenvalue weighted by Gasteiger charge is -2.41. The van der Waals surface area contributed by atoms with Gasteiger partial charge in [-0.25, -0.2) is 0 Å². The highest BCUT2D eigenvalue weighted by Gasteiger charge is 2.66. The molecule has 0 aromatic carbocycles. The predicted octanol–water partition coefficient (Wildman–Crippen LogP) is 1.50. The minimum Gasteiger partial charge on any atom is -0.391 e. The fourth-order valence-electron chi connectivity index (χ4n) is 4.62. The van der Waals surface area contributed by atoms with Gasteiger partial charge in [0.2, 0.25) is 0 Å². The average molecular weight is 239 g/mol. The summed E-state index contributed by atoms with van der Waals surface area (Å²) in [5.41, 5.74) is 0.385. The van der Waals surface area contributed by atoms with E-state index in [1.807, 2.05) is 0 Å². The number of rotatable bonds is 1. The first-order chi connectivity index (χ1) is 7.98. The summed E-state index contributed by atoms with van der Waals surface area (Å²) in [7, 11) is 0. The molecule has 3 fully saturated rings. The Morgan fingerprint density at radius 3 is 2.35 bits per heavy atom. The van der Waals surface area contributed by atoms with Crippen LogP contribution in [0.4, 0.5) is 0 Å². The normalized spacial score (nSPS) is 49.8. The summed E-state index contributed by atoms with van der Waals surface area (Å²) in [5.74, 6) is 0.653. The summed E-state index contributed by atoms with van der Waals surface area (Å²) < 4.78 is 5.43. The van der Waals surface area contributed by atoms with Gasteiger partial charge >= 0.3 is 0 Å². The topological polar surface area (TPSA) is 32.7 Å². The molecule has 0 aromatic heterocycles. The molecule has 2 aliphatic carbocycles. The van der Waals surface area contributed by atoms with Crippen LogP contribution in [0.25, 0.3) is 0 Å². The lowest BCUT2D eigenvalue weighted by molar-refractivity contribution is -0.0596. The Hall–Kier alpha value is -0.120. The van der Waals surface area contributed by atoms with Crippen molar-refractivity contribution in [1.29, 1.82) is 0 Å². The van der Waals surface area contributed by atoms with Crippen LogP contribution >= 0.6 is 0 Å². The monoisotopic (exact) mass is 239 g/mol. The Bertz CT molecular complexity index is 311. The van der Waals surface area contributed by atoms with Crippen molar-refractivity contribution in [3.63, 3.8) is 0 Å². The third kappa shape index (κ3) is 1.39. The number of aliphatic hydroxyl groups excluding tert-OH is 1. The number of nitrogens with zero attached hydrogens (tertiary/aromatic N) is 1. The van der Waals surface area contributed by atoms with Crippen LogP contribution in [0.2, 0.25) is 0 Å². The van der Waals surface area contributed by atoms with Crippen molar-refractivity contribution >= 4 is 0 Å². The summed E-state index contributed by atoms with van der Waals surface area (Å²) >= 11 is 0. The van der Waals surface area contributed by atoms with E-state index in [2.05, 4.69) is 25.7 Å². The first-order valence-corrected chi connectivity index (χ1v) is 6.98. The smallest absolute Gasteiger partial charge is 0.0756 e. The van der Waals surface area contributed by atoms with Crippen molar-refractivity contribution in [2.45, 2.75) is 45.8 Å². The van der Waals surface area contributed by atoms with Crippen LogP contribution in [0.5, 0.6) is 0 Å². The van der Waals surface area contributed by atoms with E-state index in [1.165, 1.54) is 12.8 Å². The van der Waals surface area contributed by atoms with Crippen LogP contribution in [-0.4, -0.2) is 48.5 Å². The van der Waals surface area contributed by atoms with Gasteiger partial charge in [0.15, 0.2) is 0 Å². The number of hydrogen-bond acceptors (Lipinski definition) is 3. The summed E-state index contributed by atoms with van der Waals surface area (Å²) in [6, 6.07) is 0.368. The van der Waals surface area contributed by atoms with E-state index in [9.17, 15) is 5.11 Å². The molecule has 1 heterocycles. The van der Waals surface area contributed by atoms with Gasteiger partial charge in [-0.2, -0.15) is 0 Å². The Labute approximate surface area is 104 Å². The van der Waals surface area contributed by atoms with Crippen LogP contribution in [0, 0.1) is 16.7 Å². The Morgan fingerprint density at radius 1 is 1.18 bits per heavy atom. The van der Waals surface area contributed by atoms with Gasteiger partial charge in [-0.15, -0.1) is 0 Å². The largest absolute Gasteiger partial charge is 0.391 e. The maximum atomic E-state index is 10.7. The minimum atomic E-state index is -0.158. The SMILES string of the molecule is CC1(C)[C@@H]2CCC1(C)[C@H](O)[C@@H]2N1CCOCC1. The van der Waals surface area contributed by atoms with Gasteiger partial charge in [-0.05, 0) is 24.2 Å². The second-order valence-corrected chi connectivity index (χ2v) is 6.87. The van der Waals surface area contributed by atoms with Gasteiger partial charge in [0.1, 0.15) is 0 Å². The number of fused-ring (bicyclic) bond motifs is 2. The first kappa shape index (κ1) is 11.9. The summed E-state index contributed by atoms with van der Waals surface area (Å²) in [5, 5.41) is 10.7. The molecule has 2 saturated carbocycles. The molecule has 17 heavy (non-hydrogen) atoms. The molecule has 2 bridgehead atoms.